The van der Waals surface area contributed by atoms with E-state index in [0.717, 1.165) is 50.4 Å². The van der Waals surface area contributed by atoms with Gasteiger partial charge in [0.2, 0.25) is 6.41 Å². The molecule has 0 bridgehead atoms. The maximum Gasteiger partial charge on any atom is 0.209 e. The minimum atomic E-state index is 0.360. The first kappa shape index (κ1) is 14.3. The van der Waals surface area contributed by atoms with Crippen molar-refractivity contribution in [2.24, 2.45) is 0 Å². The quantitative estimate of drug-likeness (QED) is 0.796. The van der Waals surface area contributed by atoms with E-state index in [4.69, 9.17) is 0 Å². The second-order valence-corrected chi connectivity index (χ2v) is 6.32. The third kappa shape index (κ3) is 3.34. The lowest BCUT2D eigenvalue weighted by Crippen LogP contribution is -2.32. The van der Waals surface area contributed by atoms with Gasteiger partial charge in [-0.2, -0.15) is 0 Å². The van der Waals surface area contributed by atoms with Crippen molar-refractivity contribution in [2.45, 2.75) is 51.0 Å². The third-order valence-electron chi connectivity index (χ3n) is 4.60. The van der Waals surface area contributed by atoms with Crippen molar-refractivity contribution < 1.29 is 4.79 Å². The van der Waals surface area contributed by atoms with E-state index in [2.05, 4.69) is 20.9 Å². The van der Waals surface area contributed by atoms with E-state index in [0.29, 0.717) is 12.0 Å². The average Bonchev–Trinajstić information content (AvgIpc) is 3.31. The van der Waals surface area contributed by atoms with Gasteiger partial charge >= 0.3 is 0 Å². The van der Waals surface area contributed by atoms with E-state index in [-0.39, 0.29) is 0 Å². The summed E-state index contributed by atoms with van der Waals surface area (Å²) in [5.74, 6) is 2.60. The Hall–Kier alpha value is -1.65. The molecule has 1 saturated carbocycles. The molecule has 0 radical (unpaired) electrons. The van der Waals surface area contributed by atoms with Crippen LogP contribution in [0.5, 0.6) is 0 Å². The Bertz CT molecular complexity index is 515. The maximum absolute atomic E-state index is 10.9. The van der Waals surface area contributed by atoms with Crippen LogP contribution in [0.3, 0.4) is 0 Å². The molecular weight excluding hydrogens is 264 g/mol. The fourth-order valence-corrected chi connectivity index (χ4v) is 3.13. The van der Waals surface area contributed by atoms with Crippen LogP contribution in [0.4, 0.5) is 5.82 Å². The van der Waals surface area contributed by atoms with Gasteiger partial charge in [-0.15, -0.1) is 0 Å². The Morgan fingerprint density at radius 3 is 2.76 bits per heavy atom. The summed E-state index contributed by atoms with van der Waals surface area (Å²) in [7, 11) is 1.88. The molecular formula is C16H24N4O. The van der Waals surface area contributed by atoms with E-state index in [1.165, 1.54) is 18.5 Å². The summed E-state index contributed by atoms with van der Waals surface area (Å²) in [5, 5.41) is 0. The minimum Gasteiger partial charge on any atom is -0.356 e. The largest absolute Gasteiger partial charge is 0.356 e. The van der Waals surface area contributed by atoms with Crippen molar-refractivity contribution in [2.75, 3.05) is 25.0 Å². The van der Waals surface area contributed by atoms with Crippen LogP contribution in [0.2, 0.25) is 0 Å². The number of rotatable bonds is 4. The molecule has 1 aromatic heterocycles. The topological polar surface area (TPSA) is 49.3 Å². The molecule has 2 fully saturated rings. The lowest BCUT2D eigenvalue weighted by Gasteiger charge is -2.24. The number of hydrogen-bond donors (Lipinski definition) is 0. The van der Waals surface area contributed by atoms with E-state index < -0.39 is 0 Å². The zero-order valence-electron chi connectivity index (χ0n) is 13.0. The van der Waals surface area contributed by atoms with Crippen molar-refractivity contribution in [1.29, 1.82) is 0 Å². The van der Waals surface area contributed by atoms with E-state index in [1.54, 1.807) is 0 Å². The molecule has 1 unspecified atom stereocenters. The number of hydrogen-bond acceptors (Lipinski definition) is 4. The molecule has 0 N–H and O–H groups in total. The molecule has 1 saturated heterocycles. The van der Waals surface area contributed by atoms with Gasteiger partial charge in [0.25, 0.3) is 0 Å². The molecule has 21 heavy (non-hydrogen) atoms. The zero-order valence-corrected chi connectivity index (χ0v) is 13.0. The molecule has 1 atom stereocenters. The Balaban J connectivity index is 1.73. The van der Waals surface area contributed by atoms with Crippen LogP contribution >= 0.6 is 0 Å². The molecule has 3 rings (SSSR count). The highest BCUT2D eigenvalue weighted by molar-refractivity contribution is 5.47. The molecule has 2 heterocycles. The molecule has 1 aromatic rings. The lowest BCUT2D eigenvalue weighted by molar-refractivity contribution is -0.118. The number of amides is 1. The third-order valence-corrected chi connectivity index (χ3v) is 4.60. The summed E-state index contributed by atoms with van der Waals surface area (Å²) in [6, 6.07) is 2.53. The second kappa shape index (κ2) is 6.00. The lowest BCUT2D eigenvalue weighted by atomic mass is 10.1. The van der Waals surface area contributed by atoms with Crippen LogP contribution in [0.25, 0.3) is 0 Å². The molecule has 1 aliphatic carbocycles. The van der Waals surface area contributed by atoms with Gasteiger partial charge < -0.3 is 9.80 Å². The summed E-state index contributed by atoms with van der Waals surface area (Å²) in [6.07, 6.45) is 6.66. The number of aryl methyl sites for hydroxylation is 1. The van der Waals surface area contributed by atoms with Crippen molar-refractivity contribution >= 4 is 12.2 Å². The van der Waals surface area contributed by atoms with Crippen molar-refractivity contribution in [1.82, 2.24) is 14.9 Å². The summed E-state index contributed by atoms with van der Waals surface area (Å²) in [5.41, 5.74) is 1.21. The molecule has 5 nitrogen and oxygen atoms in total. The zero-order chi connectivity index (χ0) is 14.8. The Morgan fingerprint density at radius 2 is 2.05 bits per heavy atom. The first-order valence-corrected chi connectivity index (χ1v) is 7.95. The van der Waals surface area contributed by atoms with Gasteiger partial charge in [0.1, 0.15) is 11.6 Å². The fraction of sp³-hybridized carbons (Fsp3) is 0.688. The van der Waals surface area contributed by atoms with Gasteiger partial charge in [-0.1, -0.05) is 0 Å². The molecule has 2 aliphatic rings. The number of anilines is 1. The second-order valence-electron chi connectivity index (χ2n) is 6.32. The van der Waals surface area contributed by atoms with Crippen LogP contribution in [-0.2, 0) is 4.79 Å². The van der Waals surface area contributed by atoms with Crippen LogP contribution < -0.4 is 4.90 Å². The van der Waals surface area contributed by atoms with Gasteiger partial charge in [0, 0.05) is 43.9 Å². The van der Waals surface area contributed by atoms with Crippen molar-refractivity contribution in [3.8, 4) is 0 Å². The summed E-state index contributed by atoms with van der Waals surface area (Å²) in [4.78, 5) is 24.3. The molecule has 5 heteroatoms. The van der Waals surface area contributed by atoms with E-state index >= 15 is 0 Å². The standard InChI is InChI=1S/C16H24N4O/c1-12-17-15(13-5-6-13)10-16(18-12)20-8-3-4-14(7-9-20)19(2)11-21/h10-11,13-14H,3-9H2,1-2H3. The molecule has 0 spiro atoms. The Labute approximate surface area is 126 Å². The van der Waals surface area contributed by atoms with Crippen LogP contribution in [0, 0.1) is 6.92 Å². The SMILES string of the molecule is Cc1nc(C2CC2)cc(N2CCCC(N(C)C=O)CC2)n1. The molecule has 114 valence electrons. The van der Waals surface area contributed by atoms with Crippen molar-refractivity contribution in [3.63, 3.8) is 0 Å². The number of carbonyl (C=O) groups is 1. The van der Waals surface area contributed by atoms with Crippen molar-refractivity contribution in [3.05, 3.63) is 17.6 Å². The van der Waals surface area contributed by atoms with Gasteiger partial charge in [-0.25, -0.2) is 9.97 Å². The predicted octanol–water partition coefficient (Wildman–Crippen LogP) is 2.11. The van der Waals surface area contributed by atoms with Gasteiger partial charge in [-0.3, -0.25) is 4.79 Å². The monoisotopic (exact) mass is 288 g/mol. The summed E-state index contributed by atoms with van der Waals surface area (Å²) < 4.78 is 0. The Morgan fingerprint density at radius 1 is 1.24 bits per heavy atom. The van der Waals surface area contributed by atoms with Gasteiger partial charge in [0.05, 0.1) is 0 Å². The highest BCUT2D eigenvalue weighted by Crippen LogP contribution is 2.39. The van der Waals surface area contributed by atoms with Gasteiger partial charge in [-0.05, 0) is 39.0 Å². The first-order valence-electron chi connectivity index (χ1n) is 7.95. The first-order chi connectivity index (χ1) is 10.2. The highest BCUT2D eigenvalue weighted by Gasteiger charge is 2.27. The predicted molar refractivity (Wildman–Crippen MR) is 82.4 cm³/mol. The normalized spacial score (nSPS) is 22.8. The molecule has 0 aromatic carbocycles. The van der Waals surface area contributed by atoms with Crippen LogP contribution in [0.1, 0.15) is 49.5 Å². The number of nitrogens with zero attached hydrogens (tertiary/aromatic N) is 4. The maximum atomic E-state index is 10.9. The molecule has 1 aliphatic heterocycles. The Kier molecular flexibility index (Phi) is 4.08. The minimum absolute atomic E-state index is 0.360. The average molecular weight is 288 g/mol. The van der Waals surface area contributed by atoms with Crippen LogP contribution in [-0.4, -0.2) is 47.5 Å². The highest BCUT2D eigenvalue weighted by atomic mass is 16.1. The van der Waals surface area contributed by atoms with Crippen LogP contribution in [0.15, 0.2) is 6.07 Å². The fourth-order valence-electron chi connectivity index (χ4n) is 3.13. The van der Waals surface area contributed by atoms with E-state index in [9.17, 15) is 4.79 Å². The number of carbonyl (C=O) groups excluding carboxylic acids is 1. The van der Waals surface area contributed by atoms with E-state index in [1.807, 2.05) is 18.9 Å². The summed E-state index contributed by atoms with van der Waals surface area (Å²) in [6.45, 7) is 3.96. The van der Waals surface area contributed by atoms with Gasteiger partial charge in [0.15, 0.2) is 0 Å². The summed E-state index contributed by atoms with van der Waals surface area (Å²) >= 11 is 0. The smallest absolute Gasteiger partial charge is 0.209 e. The number of aromatic nitrogens is 2. The molecule has 1 amide bonds.